The van der Waals surface area contributed by atoms with Crippen LogP contribution in [0.15, 0.2) is 29.2 Å². The van der Waals surface area contributed by atoms with Crippen LogP contribution in [0.2, 0.25) is 0 Å². The normalized spacial score (nSPS) is 16.1. The van der Waals surface area contributed by atoms with Gasteiger partial charge in [0.05, 0.1) is 0 Å². The summed E-state index contributed by atoms with van der Waals surface area (Å²) in [6.45, 7) is 2.04. The number of aromatic nitrogens is 3. The Balaban J connectivity index is 1.78. The molecule has 0 unspecified atom stereocenters. The van der Waals surface area contributed by atoms with E-state index in [9.17, 15) is 4.79 Å². The number of rotatable bonds is 4. The smallest absolute Gasteiger partial charge is 0.270 e. The van der Waals surface area contributed by atoms with Crippen molar-refractivity contribution in [3.05, 3.63) is 41.8 Å². The number of pyridine rings is 1. The topological polar surface area (TPSA) is 80.9 Å². The van der Waals surface area contributed by atoms with Crippen LogP contribution in [-0.2, 0) is 12.0 Å². The van der Waals surface area contributed by atoms with Crippen molar-refractivity contribution in [2.24, 2.45) is 0 Å². The molecule has 1 saturated carbocycles. The lowest BCUT2D eigenvalue weighted by Crippen LogP contribution is -2.36. The van der Waals surface area contributed by atoms with Crippen LogP contribution < -0.4 is 5.32 Å². The molecule has 0 aromatic carbocycles. The number of carbonyl (C=O) groups is 1. The Morgan fingerprint density at radius 1 is 1.47 bits per heavy atom. The van der Waals surface area contributed by atoms with Gasteiger partial charge in [0, 0.05) is 6.20 Å². The minimum absolute atomic E-state index is 0.197. The fourth-order valence-corrected chi connectivity index (χ4v) is 2.01. The maximum atomic E-state index is 12.2. The number of aryl methyl sites for hydroxylation is 1. The van der Waals surface area contributed by atoms with Gasteiger partial charge in [-0.1, -0.05) is 12.1 Å². The Hall–Kier alpha value is -2.24. The molecule has 1 aliphatic rings. The molecule has 0 spiro atoms. The summed E-state index contributed by atoms with van der Waals surface area (Å²) in [7, 11) is 0. The van der Waals surface area contributed by atoms with Crippen LogP contribution in [0.5, 0.6) is 0 Å². The zero-order chi connectivity index (χ0) is 13.3. The highest BCUT2D eigenvalue weighted by Gasteiger charge is 2.49. The number of nitrogens with zero attached hydrogens (tertiary/aromatic N) is 3. The largest absolute Gasteiger partial charge is 0.343 e. The average molecular weight is 258 g/mol. The van der Waals surface area contributed by atoms with Crippen LogP contribution in [0.3, 0.4) is 0 Å². The molecule has 2 aromatic rings. The summed E-state index contributed by atoms with van der Waals surface area (Å²) in [6.07, 6.45) is 5.45. The molecule has 3 rings (SSSR count). The van der Waals surface area contributed by atoms with Gasteiger partial charge < -0.3 is 9.84 Å². The van der Waals surface area contributed by atoms with Gasteiger partial charge in [-0.2, -0.15) is 4.98 Å². The molecule has 0 atom stereocenters. The number of hydrogen-bond acceptors (Lipinski definition) is 5. The van der Waals surface area contributed by atoms with E-state index in [1.807, 2.05) is 19.1 Å². The fourth-order valence-electron chi connectivity index (χ4n) is 2.01. The van der Waals surface area contributed by atoms with Crippen molar-refractivity contribution in [2.75, 3.05) is 0 Å². The van der Waals surface area contributed by atoms with Crippen molar-refractivity contribution in [3.63, 3.8) is 0 Å². The summed E-state index contributed by atoms with van der Waals surface area (Å²) in [6, 6.07) is 3.71. The van der Waals surface area contributed by atoms with Crippen LogP contribution in [-0.4, -0.2) is 21.0 Å². The van der Waals surface area contributed by atoms with Gasteiger partial charge in [-0.05, 0) is 37.0 Å². The summed E-state index contributed by atoms with van der Waals surface area (Å²) in [5.41, 5.74) is 1.05. The average Bonchev–Trinajstić information content (AvgIpc) is 3.01. The Morgan fingerprint density at radius 3 is 2.95 bits per heavy atom. The van der Waals surface area contributed by atoms with E-state index < -0.39 is 5.54 Å². The number of amides is 1. The van der Waals surface area contributed by atoms with E-state index >= 15 is 0 Å². The number of carbonyl (C=O) groups excluding carboxylic acids is 1. The molecule has 1 N–H and O–H groups in total. The summed E-state index contributed by atoms with van der Waals surface area (Å²) in [4.78, 5) is 20.3. The molecule has 2 aromatic heterocycles. The number of nitrogens with one attached hydrogen (secondary N) is 1. The van der Waals surface area contributed by atoms with Crippen molar-refractivity contribution in [1.29, 1.82) is 0 Å². The third-order valence-electron chi connectivity index (χ3n) is 3.36. The second-order valence-electron chi connectivity index (χ2n) is 4.69. The van der Waals surface area contributed by atoms with Gasteiger partial charge in [0.25, 0.3) is 5.91 Å². The van der Waals surface area contributed by atoms with Gasteiger partial charge in [0.15, 0.2) is 5.82 Å². The summed E-state index contributed by atoms with van der Waals surface area (Å²) < 4.78 is 4.74. The van der Waals surface area contributed by atoms with E-state index in [0.29, 0.717) is 11.5 Å². The second-order valence-corrected chi connectivity index (χ2v) is 4.69. The Morgan fingerprint density at radius 2 is 2.32 bits per heavy atom. The predicted octanol–water partition coefficient (Wildman–Crippen LogP) is 1.45. The monoisotopic (exact) mass is 258 g/mol. The minimum atomic E-state index is -0.464. The molecular formula is C13H14N4O2. The van der Waals surface area contributed by atoms with Gasteiger partial charge in [-0.3, -0.25) is 9.78 Å². The maximum Gasteiger partial charge on any atom is 0.270 e. The summed E-state index contributed by atoms with van der Waals surface area (Å²) >= 11 is 0. The Bertz CT molecular complexity index is 590. The van der Waals surface area contributed by atoms with Crippen molar-refractivity contribution >= 4 is 5.91 Å². The first kappa shape index (κ1) is 11.8. The summed E-state index contributed by atoms with van der Waals surface area (Å²) in [5.74, 6) is 0.338. The molecule has 6 heteroatoms. The zero-order valence-electron chi connectivity index (χ0n) is 10.6. The third kappa shape index (κ3) is 2.21. The van der Waals surface area contributed by atoms with Crippen LogP contribution in [0.4, 0.5) is 0 Å². The highest BCUT2D eigenvalue weighted by atomic mass is 16.5. The van der Waals surface area contributed by atoms with Gasteiger partial charge in [-0.25, -0.2) is 0 Å². The lowest BCUT2D eigenvalue weighted by atomic mass is 10.1. The maximum absolute atomic E-state index is 12.2. The summed E-state index contributed by atoms with van der Waals surface area (Å²) in [5, 5.41) is 6.76. The van der Waals surface area contributed by atoms with Gasteiger partial charge >= 0.3 is 0 Å². The van der Waals surface area contributed by atoms with Crippen LogP contribution in [0.25, 0.3) is 0 Å². The zero-order valence-corrected chi connectivity index (χ0v) is 10.6. The lowest BCUT2D eigenvalue weighted by molar-refractivity contribution is 0.0923. The minimum Gasteiger partial charge on any atom is -0.343 e. The van der Waals surface area contributed by atoms with E-state index in [1.165, 1.54) is 6.39 Å². The van der Waals surface area contributed by atoms with Crippen LogP contribution >= 0.6 is 0 Å². The van der Waals surface area contributed by atoms with Crippen LogP contribution in [0, 0.1) is 0 Å². The van der Waals surface area contributed by atoms with E-state index in [0.717, 1.165) is 24.8 Å². The molecule has 98 valence electrons. The first-order chi connectivity index (χ1) is 9.23. The van der Waals surface area contributed by atoms with E-state index in [2.05, 4.69) is 20.4 Å². The molecule has 1 amide bonds. The van der Waals surface area contributed by atoms with Gasteiger partial charge in [0.2, 0.25) is 6.39 Å². The van der Waals surface area contributed by atoms with Crippen molar-refractivity contribution in [1.82, 2.24) is 20.4 Å². The van der Waals surface area contributed by atoms with Gasteiger partial charge in [0.1, 0.15) is 11.2 Å². The van der Waals surface area contributed by atoms with E-state index in [4.69, 9.17) is 4.52 Å². The molecule has 1 fully saturated rings. The molecule has 0 bridgehead atoms. The Labute approximate surface area is 110 Å². The number of hydrogen-bond donors (Lipinski definition) is 1. The van der Waals surface area contributed by atoms with Crippen molar-refractivity contribution in [3.8, 4) is 0 Å². The van der Waals surface area contributed by atoms with E-state index in [1.54, 1.807) is 6.20 Å². The molecule has 2 heterocycles. The molecule has 0 saturated heterocycles. The highest BCUT2D eigenvalue weighted by molar-refractivity contribution is 5.93. The molecule has 6 nitrogen and oxygen atoms in total. The molecule has 19 heavy (non-hydrogen) atoms. The Kier molecular flexibility index (Phi) is 2.77. The molecular weight excluding hydrogens is 244 g/mol. The first-order valence-corrected chi connectivity index (χ1v) is 6.28. The quantitative estimate of drug-likeness (QED) is 0.897. The van der Waals surface area contributed by atoms with Gasteiger partial charge in [-0.15, -0.1) is 0 Å². The molecule has 0 aliphatic heterocycles. The fraction of sp³-hybridized carbons (Fsp3) is 0.385. The predicted molar refractivity (Wildman–Crippen MR) is 66.3 cm³/mol. The van der Waals surface area contributed by atoms with E-state index in [-0.39, 0.29) is 5.91 Å². The SMILES string of the molecule is CCc1ccnc(C(=O)NC2(c3ncon3)CC2)c1. The lowest BCUT2D eigenvalue weighted by Gasteiger charge is -2.13. The highest BCUT2D eigenvalue weighted by Crippen LogP contribution is 2.43. The molecule has 1 aliphatic carbocycles. The third-order valence-corrected chi connectivity index (χ3v) is 3.36. The standard InChI is InChI=1S/C13H14N4O2/c1-2-9-3-6-14-10(7-9)11(18)16-13(4-5-13)12-15-8-19-17-12/h3,6-8H,2,4-5H2,1H3,(H,16,18). The van der Waals surface area contributed by atoms with Crippen LogP contribution in [0.1, 0.15) is 41.6 Å². The second kappa shape index (κ2) is 4.46. The molecule has 0 radical (unpaired) electrons. The van der Waals surface area contributed by atoms with Crippen molar-refractivity contribution < 1.29 is 9.32 Å². The first-order valence-electron chi connectivity index (χ1n) is 6.28. The van der Waals surface area contributed by atoms with Crippen molar-refractivity contribution in [2.45, 2.75) is 31.7 Å².